The van der Waals surface area contributed by atoms with E-state index in [-0.39, 0.29) is 11.6 Å². The molecular weight excluding hydrogens is 285 g/mol. The maximum absolute atomic E-state index is 12.2. The van der Waals surface area contributed by atoms with E-state index in [1.165, 1.54) is 6.20 Å². The molecule has 6 nitrogen and oxygen atoms in total. The van der Waals surface area contributed by atoms with E-state index < -0.39 is 28.7 Å². The molecule has 0 aliphatic heterocycles. The number of aromatic amines is 1. The van der Waals surface area contributed by atoms with Crippen LogP contribution in [0.3, 0.4) is 0 Å². The van der Waals surface area contributed by atoms with Crippen LogP contribution >= 0.6 is 0 Å². The Bertz CT molecular complexity index is 512. The van der Waals surface area contributed by atoms with Gasteiger partial charge in [0, 0.05) is 18.2 Å². The number of sulfonamides is 1. The number of nitrogens with zero attached hydrogens (tertiary/aromatic N) is 1. The summed E-state index contributed by atoms with van der Waals surface area (Å²) in [5.74, 6) is 0. The Morgan fingerprint density at radius 1 is 1.47 bits per heavy atom. The van der Waals surface area contributed by atoms with E-state index in [1.54, 1.807) is 7.05 Å². The SMILES string of the molecule is CNCc1cn[nH]c1S(=O)(=O)NC(C)CC(F)(F)F. The zero-order chi connectivity index (χ0) is 14.7. The molecule has 0 radical (unpaired) electrons. The van der Waals surface area contributed by atoms with E-state index in [1.807, 2.05) is 4.72 Å². The summed E-state index contributed by atoms with van der Waals surface area (Å²) in [5, 5.41) is 8.38. The van der Waals surface area contributed by atoms with E-state index in [9.17, 15) is 21.6 Å². The third-order valence-corrected chi connectivity index (χ3v) is 3.81. The molecule has 10 heteroatoms. The van der Waals surface area contributed by atoms with Gasteiger partial charge in [0.25, 0.3) is 10.0 Å². The van der Waals surface area contributed by atoms with E-state index in [2.05, 4.69) is 15.5 Å². The van der Waals surface area contributed by atoms with Gasteiger partial charge in [-0.15, -0.1) is 0 Å². The lowest BCUT2D eigenvalue weighted by molar-refractivity contribution is -0.137. The Morgan fingerprint density at radius 2 is 2.11 bits per heavy atom. The molecule has 0 aromatic carbocycles. The summed E-state index contributed by atoms with van der Waals surface area (Å²) in [7, 11) is -2.44. The first kappa shape index (κ1) is 15.9. The van der Waals surface area contributed by atoms with Crippen molar-refractivity contribution >= 4 is 10.0 Å². The maximum Gasteiger partial charge on any atom is 0.390 e. The molecule has 19 heavy (non-hydrogen) atoms. The molecule has 0 fully saturated rings. The average molecular weight is 300 g/mol. The monoisotopic (exact) mass is 300 g/mol. The number of aromatic nitrogens is 2. The number of nitrogens with one attached hydrogen (secondary N) is 3. The van der Waals surface area contributed by atoms with Crippen molar-refractivity contribution in [1.82, 2.24) is 20.2 Å². The predicted molar refractivity (Wildman–Crippen MR) is 61.8 cm³/mol. The summed E-state index contributed by atoms with van der Waals surface area (Å²) in [4.78, 5) is 0. The molecule has 0 saturated carbocycles. The first-order valence-corrected chi connectivity index (χ1v) is 6.90. The van der Waals surface area contributed by atoms with Crippen molar-refractivity contribution in [2.75, 3.05) is 7.05 Å². The molecule has 1 heterocycles. The Balaban J connectivity index is 2.83. The average Bonchev–Trinajstić information content (AvgIpc) is 2.62. The molecule has 0 aliphatic rings. The smallest absolute Gasteiger partial charge is 0.316 e. The maximum atomic E-state index is 12.2. The molecule has 1 aromatic heterocycles. The van der Waals surface area contributed by atoms with E-state index >= 15 is 0 Å². The second kappa shape index (κ2) is 5.88. The molecule has 3 N–H and O–H groups in total. The molecule has 1 atom stereocenters. The summed E-state index contributed by atoms with van der Waals surface area (Å²) in [6.45, 7) is 1.39. The summed E-state index contributed by atoms with van der Waals surface area (Å²) in [5.41, 5.74) is 0.356. The molecule has 0 amide bonds. The third kappa shape index (κ3) is 4.80. The third-order valence-electron chi connectivity index (χ3n) is 2.21. The van der Waals surface area contributed by atoms with Gasteiger partial charge in [0.2, 0.25) is 0 Å². The first-order chi connectivity index (χ1) is 8.65. The van der Waals surface area contributed by atoms with E-state index in [0.717, 1.165) is 6.92 Å². The second-order valence-electron chi connectivity index (χ2n) is 4.10. The van der Waals surface area contributed by atoms with Crippen molar-refractivity contribution in [1.29, 1.82) is 0 Å². The van der Waals surface area contributed by atoms with Crippen LogP contribution in [0.5, 0.6) is 0 Å². The summed E-state index contributed by atoms with van der Waals surface area (Å²) in [6.07, 6.45) is -4.36. The van der Waals surface area contributed by atoms with Crippen molar-refractivity contribution in [2.24, 2.45) is 0 Å². The van der Waals surface area contributed by atoms with Crippen LogP contribution in [0.15, 0.2) is 11.2 Å². The first-order valence-electron chi connectivity index (χ1n) is 5.41. The van der Waals surface area contributed by atoms with Crippen LogP contribution in [0.25, 0.3) is 0 Å². The molecule has 1 aromatic rings. The van der Waals surface area contributed by atoms with Crippen LogP contribution in [0, 0.1) is 0 Å². The number of alkyl halides is 3. The second-order valence-corrected chi connectivity index (χ2v) is 5.75. The number of hydrogen-bond acceptors (Lipinski definition) is 4. The lowest BCUT2D eigenvalue weighted by Crippen LogP contribution is -2.36. The Kier molecular flexibility index (Phi) is 4.93. The number of H-pyrrole nitrogens is 1. The molecule has 0 aliphatic carbocycles. The summed E-state index contributed by atoms with van der Waals surface area (Å²) >= 11 is 0. The van der Waals surface area contributed by atoms with Crippen molar-refractivity contribution in [3.8, 4) is 0 Å². The fraction of sp³-hybridized carbons (Fsp3) is 0.667. The molecular formula is C9H15F3N4O2S. The van der Waals surface area contributed by atoms with Crippen molar-refractivity contribution in [3.05, 3.63) is 11.8 Å². The Hall–Kier alpha value is -1.13. The summed E-state index contributed by atoms with van der Waals surface area (Å²) in [6, 6.07) is -1.25. The topological polar surface area (TPSA) is 86.9 Å². The minimum atomic E-state index is -4.43. The minimum Gasteiger partial charge on any atom is -0.316 e. The fourth-order valence-electron chi connectivity index (χ4n) is 1.56. The normalized spacial score (nSPS) is 14.6. The highest BCUT2D eigenvalue weighted by Gasteiger charge is 2.32. The zero-order valence-electron chi connectivity index (χ0n) is 10.4. The highest BCUT2D eigenvalue weighted by atomic mass is 32.2. The van der Waals surface area contributed by atoms with Gasteiger partial charge in [0.1, 0.15) is 0 Å². The lowest BCUT2D eigenvalue weighted by atomic mass is 10.2. The van der Waals surface area contributed by atoms with Gasteiger partial charge < -0.3 is 5.32 Å². The molecule has 0 spiro atoms. The van der Waals surface area contributed by atoms with Crippen molar-refractivity contribution in [2.45, 2.75) is 37.1 Å². The molecule has 110 valence electrons. The van der Waals surface area contributed by atoms with Gasteiger partial charge in [-0.2, -0.15) is 18.3 Å². The van der Waals surface area contributed by atoms with Crippen molar-refractivity contribution in [3.63, 3.8) is 0 Å². The number of hydrogen-bond donors (Lipinski definition) is 3. The van der Waals surface area contributed by atoms with Gasteiger partial charge in [-0.1, -0.05) is 0 Å². The van der Waals surface area contributed by atoms with Gasteiger partial charge in [-0.05, 0) is 14.0 Å². The van der Waals surface area contributed by atoms with Crippen LogP contribution < -0.4 is 10.0 Å². The van der Waals surface area contributed by atoms with E-state index in [0.29, 0.717) is 5.56 Å². The van der Waals surface area contributed by atoms with Crippen LogP contribution in [0.4, 0.5) is 13.2 Å². The van der Waals surface area contributed by atoms with Crippen LogP contribution in [-0.4, -0.2) is 37.9 Å². The van der Waals surface area contributed by atoms with Gasteiger partial charge in [0.05, 0.1) is 12.6 Å². The largest absolute Gasteiger partial charge is 0.390 e. The number of halogens is 3. The lowest BCUT2D eigenvalue weighted by Gasteiger charge is -2.15. The van der Waals surface area contributed by atoms with Gasteiger partial charge in [-0.3, -0.25) is 5.10 Å². The van der Waals surface area contributed by atoms with Crippen molar-refractivity contribution < 1.29 is 21.6 Å². The van der Waals surface area contributed by atoms with E-state index in [4.69, 9.17) is 0 Å². The zero-order valence-corrected chi connectivity index (χ0v) is 11.2. The number of rotatable bonds is 6. The molecule has 1 rings (SSSR count). The van der Waals surface area contributed by atoms with Crippen LogP contribution in [-0.2, 0) is 16.6 Å². The highest BCUT2D eigenvalue weighted by molar-refractivity contribution is 7.89. The minimum absolute atomic E-state index is 0.226. The van der Waals surface area contributed by atoms with Gasteiger partial charge >= 0.3 is 6.18 Å². The predicted octanol–water partition coefficient (Wildman–Crippen LogP) is 0.748. The molecule has 0 bridgehead atoms. The van der Waals surface area contributed by atoms with Crippen LogP contribution in [0.1, 0.15) is 18.9 Å². The molecule has 1 unspecified atom stereocenters. The molecule has 0 saturated heterocycles. The van der Waals surface area contributed by atoms with Crippen LogP contribution in [0.2, 0.25) is 0 Å². The Labute approximate surface area is 108 Å². The summed E-state index contributed by atoms with van der Waals surface area (Å²) < 4.78 is 62.3. The quantitative estimate of drug-likeness (QED) is 0.723. The fourth-order valence-corrected chi connectivity index (χ4v) is 2.93. The van der Waals surface area contributed by atoms with Gasteiger partial charge in [0.15, 0.2) is 5.03 Å². The highest BCUT2D eigenvalue weighted by Crippen LogP contribution is 2.22. The Morgan fingerprint density at radius 3 is 2.63 bits per heavy atom. The van der Waals surface area contributed by atoms with Gasteiger partial charge in [-0.25, -0.2) is 13.1 Å². The standard InChI is InChI=1S/C9H15F3N4O2S/c1-6(3-9(10,11)12)16-19(17,18)8-7(4-13-2)5-14-15-8/h5-6,13,16H,3-4H2,1-2H3,(H,14,15).